The maximum atomic E-state index is 11.4. The Morgan fingerprint density at radius 2 is 2.00 bits per heavy atom. The third-order valence-electron chi connectivity index (χ3n) is 3.50. The minimum absolute atomic E-state index is 0.384. The van der Waals surface area contributed by atoms with Gasteiger partial charge < -0.3 is 10.4 Å². The second kappa shape index (κ2) is 6.33. The van der Waals surface area contributed by atoms with Gasteiger partial charge in [0.2, 0.25) is 0 Å². The summed E-state index contributed by atoms with van der Waals surface area (Å²) in [6.45, 7) is 6.20. The molecule has 1 aromatic heterocycles. The Hall–Kier alpha value is -1.65. The maximum absolute atomic E-state index is 11.4. The molecule has 1 rings (SSSR count). The van der Waals surface area contributed by atoms with Gasteiger partial charge in [-0.15, -0.1) is 0 Å². The number of carboxylic acids is 1. The van der Waals surface area contributed by atoms with Crippen molar-refractivity contribution in [3.63, 3.8) is 0 Å². The molecule has 0 radical (unpaired) electrons. The Morgan fingerprint density at radius 1 is 1.33 bits per heavy atom. The summed E-state index contributed by atoms with van der Waals surface area (Å²) in [5.74, 6) is -0.0702. The highest BCUT2D eigenvalue weighted by Gasteiger charge is 2.34. The number of carboxylic acid groups (broad SMARTS) is 1. The monoisotopic (exact) mass is 251 g/mol. The van der Waals surface area contributed by atoms with Gasteiger partial charge in [-0.2, -0.15) is 0 Å². The second-order valence-electron chi connectivity index (χ2n) is 4.39. The van der Waals surface area contributed by atoms with Gasteiger partial charge in [-0.1, -0.05) is 20.8 Å². The molecule has 2 N–H and O–H groups in total. The van der Waals surface area contributed by atoms with E-state index >= 15 is 0 Å². The zero-order chi connectivity index (χ0) is 13.6. The van der Waals surface area contributed by atoms with Crippen LogP contribution in [-0.2, 0) is 11.2 Å². The fourth-order valence-corrected chi connectivity index (χ4v) is 1.83. The fraction of sp³-hybridized carbons (Fsp3) is 0.615. The van der Waals surface area contributed by atoms with Crippen molar-refractivity contribution in [1.82, 2.24) is 9.97 Å². The first-order valence-electron chi connectivity index (χ1n) is 6.36. The van der Waals surface area contributed by atoms with Gasteiger partial charge >= 0.3 is 5.97 Å². The lowest BCUT2D eigenvalue weighted by Gasteiger charge is -2.27. The van der Waals surface area contributed by atoms with E-state index in [1.54, 1.807) is 0 Å². The molecule has 0 saturated carbocycles. The zero-order valence-electron chi connectivity index (χ0n) is 11.2. The largest absolute Gasteiger partial charge is 0.481 e. The van der Waals surface area contributed by atoms with Crippen LogP contribution in [-0.4, -0.2) is 27.6 Å². The number of rotatable bonds is 7. The number of hydrogen-bond acceptors (Lipinski definition) is 4. The molecule has 0 aromatic carbocycles. The molecule has 1 aromatic rings. The predicted molar refractivity (Wildman–Crippen MR) is 70.6 cm³/mol. The molecule has 18 heavy (non-hydrogen) atoms. The van der Waals surface area contributed by atoms with Crippen molar-refractivity contribution in [1.29, 1.82) is 0 Å². The average molecular weight is 251 g/mol. The van der Waals surface area contributed by atoms with E-state index in [0.717, 1.165) is 12.1 Å². The summed E-state index contributed by atoms with van der Waals surface area (Å²) in [7, 11) is 0. The van der Waals surface area contributed by atoms with Crippen molar-refractivity contribution in [2.24, 2.45) is 5.41 Å². The van der Waals surface area contributed by atoms with Gasteiger partial charge in [0.05, 0.1) is 5.41 Å². The van der Waals surface area contributed by atoms with Crippen molar-refractivity contribution < 1.29 is 9.90 Å². The number of carbonyl (C=O) groups is 1. The van der Waals surface area contributed by atoms with E-state index in [0.29, 0.717) is 25.2 Å². The van der Waals surface area contributed by atoms with Gasteiger partial charge in [0, 0.05) is 18.3 Å². The predicted octanol–water partition coefficient (Wildman–Crippen LogP) is 2.34. The van der Waals surface area contributed by atoms with Gasteiger partial charge in [-0.05, 0) is 19.3 Å². The Bertz CT molecular complexity index is 403. The van der Waals surface area contributed by atoms with E-state index in [1.807, 2.05) is 26.8 Å². The number of hydrogen-bond donors (Lipinski definition) is 2. The van der Waals surface area contributed by atoms with E-state index in [-0.39, 0.29) is 0 Å². The van der Waals surface area contributed by atoms with E-state index in [2.05, 4.69) is 15.3 Å². The summed E-state index contributed by atoms with van der Waals surface area (Å²) in [4.78, 5) is 19.6. The van der Waals surface area contributed by atoms with Crippen molar-refractivity contribution >= 4 is 11.8 Å². The summed E-state index contributed by atoms with van der Waals surface area (Å²) >= 11 is 0. The van der Waals surface area contributed by atoms with Crippen LogP contribution < -0.4 is 5.32 Å². The molecule has 5 nitrogen and oxygen atoms in total. The summed E-state index contributed by atoms with van der Waals surface area (Å²) in [6.07, 6.45) is 3.53. The summed E-state index contributed by atoms with van der Waals surface area (Å²) in [5.41, 5.74) is 0.221. The van der Waals surface area contributed by atoms with Crippen LogP contribution in [0.3, 0.4) is 0 Å². The van der Waals surface area contributed by atoms with Crippen molar-refractivity contribution in [3.8, 4) is 0 Å². The molecule has 1 heterocycles. The van der Waals surface area contributed by atoms with Gasteiger partial charge in [0.1, 0.15) is 12.1 Å². The molecule has 0 saturated heterocycles. The van der Waals surface area contributed by atoms with Crippen LogP contribution >= 0.6 is 0 Å². The van der Waals surface area contributed by atoms with Crippen LogP contribution in [0, 0.1) is 5.41 Å². The van der Waals surface area contributed by atoms with E-state index in [4.69, 9.17) is 0 Å². The highest BCUT2D eigenvalue weighted by atomic mass is 16.4. The van der Waals surface area contributed by atoms with Crippen LogP contribution in [0.15, 0.2) is 12.4 Å². The molecule has 0 unspecified atom stereocenters. The second-order valence-corrected chi connectivity index (χ2v) is 4.39. The normalized spacial score (nSPS) is 11.3. The minimum atomic E-state index is -0.759. The third-order valence-corrected chi connectivity index (χ3v) is 3.50. The van der Waals surface area contributed by atoms with Gasteiger partial charge in [0.25, 0.3) is 0 Å². The number of anilines is 1. The SMILES string of the molecule is CCc1cc(NCC(CC)(CC)C(=O)O)ncn1. The zero-order valence-corrected chi connectivity index (χ0v) is 11.2. The van der Waals surface area contributed by atoms with Crippen LogP contribution in [0.2, 0.25) is 0 Å². The maximum Gasteiger partial charge on any atom is 0.311 e. The molecule has 100 valence electrons. The van der Waals surface area contributed by atoms with Gasteiger partial charge in [-0.3, -0.25) is 4.79 Å². The molecule has 0 bridgehead atoms. The molecule has 0 fully saturated rings. The molecule has 0 atom stereocenters. The average Bonchev–Trinajstić information content (AvgIpc) is 2.40. The molecule has 0 aliphatic carbocycles. The first-order valence-corrected chi connectivity index (χ1v) is 6.36. The molecule has 5 heteroatoms. The summed E-state index contributed by atoms with van der Waals surface area (Å²) in [5, 5.41) is 12.4. The third kappa shape index (κ3) is 3.18. The molecule has 0 aliphatic heterocycles. The molecule has 0 amide bonds. The van der Waals surface area contributed by atoms with E-state index < -0.39 is 11.4 Å². The minimum Gasteiger partial charge on any atom is -0.481 e. The Balaban J connectivity index is 2.75. The number of nitrogens with one attached hydrogen (secondary N) is 1. The standard InChI is InChI=1S/C13H21N3O2/c1-4-10-7-11(16-9-15-10)14-8-13(5-2,6-3)12(17)18/h7,9H,4-6,8H2,1-3H3,(H,17,18)(H,14,15,16). The number of aromatic nitrogens is 2. The number of aliphatic carboxylic acids is 1. The highest BCUT2D eigenvalue weighted by Crippen LogP contribution is 2.27. The van der Waals surface area contributed by atoms with Crippen LogP contribution in [0.5, 0.6) is 0 Å². The van der Waals surface area contributed by atoms with Crippen LogP contribution in [0.4, 0.5) is 5.82 Å². The molecule has 0 aliphatic rings. The topological polar surface area (TPSA) is 75.1 Å². The van der Waals surface area contributed by atoms with Gasteiger partial charge in [0.15, 0.2) is 0 Å². The smallest absolute Gasteiger partial charge is 0.311 e. The molecule has 0 spiro atoms. The lowest BCUT2D eigenvalue weighted by molar-refractivity contribution is -0.148. The van der Waals surface area contributed by atoms with Crippen molar-refractivity contribution in [2.45, 2.75) is 40.0 Å². The Morgan fingerprint density at radius 3 is 2.50 bits per heavy atom. The first-order chi connectivity index (χ1) is 8.57. The number of nitrogens with zero attached hydrogens (tertiary/aromatic N) is 2. The van der Waals surface area contributed by atoms with E-state index in [9.17, 15) is 9.90 Å². The lowest BCUT2D eigenvalue weighted by atomic mass is 9.82. The van der Waals surface area contributed by atoms with Crippen molar-refractivity contribution in [3.05, 3.63) is 18.1 Å². The fourth-order valence-electron chi connectivity index (χ4n) is 1.83. The van der Waals surface area contributed by atoms with Crippen LogP contribution in [0.1, 0.15) is 39.3 Å². The van der Waals surface area contributed by atoms with Crippen LogP contribution in [0.25, 0.3) is 0 Å². The Kier molecular flexibility index (Phi) is 5.07. The van der Waals surface area contributed by atoms with E-state index in [1.165, 1.54) is 6.33 Å². The summed E-state index contributed by atoms with van der Waals surface area (Å²) < 4.78 is 0. The highest BCUT2D eigenvalue weighted by molar-refractivity contribution is 5.75. The van der Waals surface area contributed by atoms with Crippen molar-refractivity contribution in [2.75, 3.05) is 11.9 Å². The molecular formula is C13H21N3O2. The quantitative estimate of drug-likeness (QED) is 0.778. The Labute approximate surface area is 108 Å². The first kappa shape index (κ1) is 14.4. The number of aryl methyl sites for hydroxylation is 1. The lowest BCUT2D eigenvalue weighted by Crippen LogP contribution is -2.37. The van der Waals surface area contributed by atoms with Gasteiger partial charge in [-0.25, -0.2) is 9.97 Å². The molecular weight excluding hydrogens is 230 g/mol. The summed E-state index contributed by atoms with van der Waals surface area (Å²) in [6, 6.07) is 1.86.